The molecule has 0 aromatic carbocycles. The number of hydrogen-bond acceptors (Lipinski definition) is 1. The SMILES string of the molecule is CC(C)[CH2][Al][CH2]C(C)C.c1ccncc1. The smallest absolute Gasteiger partial charge is 0.200 e. The molecule has 1 aromatic rings. The quantitative estimate of drug-likeness (QED) is 0.701. The molecule has 0 saturated carbocycles. The summed E-state index contributed by atoms with van der Waals surface area (Å²) in [5.74, 6) is 1.86. The van der Waals surface area contributed by atoms with Crippen molar-refractivity contribution >= 4 is 15.2 Å². The highest BCUT2D eigenvalue weighted by atomic mass is 27.1. The Morgan fingerprint density at radius 1 is 0.867 bits per heavy atom. The molecule has 0 aliphatic rings. The van der Waals surface area contributed by atoms with Gasteiger partial charge in [0, 0.05) is 12.4 Å². The van der Waals surface area contributed by atoms with Crippen molar-refractivity contribution < 1.29 is 0 Å². The molecule has 1 rings (SSSR count). The summed E-state index contributed by atoms with van der Waals surface area (Å²) in [6.07, 6.45) is 3.50. The lowest BCUT2D eigenvalue weighted by Gasteiger charge is -2.03. The number of hydrogen-bond donors (Lipinski definition) is 0. The van der Waals surface area contributed by atoms with E-state index < -0.39 is 0 Å². The Bertz CT molecular complexity index is 174. The summed E-state index contributed by atoms with van der Waals surface area (Å²) >= 11 is 0.755. The van der Waals surface area contributed by atoms with Gasteiger partial charge in [0.25, 0.3) is 0 Å². The van der Waals surface area contributed by atoms with Crippen molar-refractivity contribution in [3.8, 4) is 0 Å². The van der Waals surface area contributed by atoms with Crippen LogP contribution in [0.15, 0.2) is 30.6 Å². The monoisotopic (exact) mass is 220 g/mol. The van der Waals surface area contributed by atoms with Gasteiger partial charge in [0.15, 0.2) is 0 Å². The van der Waals surface area contributed by atoms with Crippen LogP contribution in [0.1, 0.15) is 27.7 Å². The molecule has 1 aromatic heterocycles. The Morgan fingerprint density at radius 3 is 1.53 bits per heavy atom. The highest BCUT2D eigenvalue weighted by molar-refractivity contribution is 6.35. The molecule has 0 aliphatic carbocycles. The van der Waals surface area contributed by atoms with E-state index in [0.29, 0.717) is 0 Å². The molecule has 0 atom stereocenters. The Labute approximate surface area is 101 Å². The van der Waals surface area contributed by atoms with Crippen molar-refractivity contribution in [2.75, 3.05) is 0 Å². The van der Waals surface area contributed by atoms with Gasteiger partial charge in [-0.2, -0.15) is 0 Å². The standard InChI is InChI=1S/C5H5N.2C4H9.Al/c1-2-4-6-5-3-1;2*1-4(2)3;/h1-5H;2*4H,1H2,2-3H3;. The summed E-state index contributed by atoms with van der Waals surface area (Å²) < 4.78 is 0. The average Bonchev–Trinajstić information content (AvgIpc) is 2.20. The molecule has 0 aliphatic heterocycles. The lowest BCUT2D eigenvalue weighted by Crippen LogP contribution is -1.99. The van der Waals surface area contributed by atoms with E-state index in [1.54, 1.807) is 12.4 Å². The summed E-state index contributed by atoms with van der Waals surface area (Å²) in [6, 6.07) is 5.72. The second-order valence-electron chi connectivity index (χ2n) is 4.57. The van der Waals surface area contributed by atoms with Crippen LogP contribution in [0.3, 0.4) is 0 Å². The highest BCUT2D eigenvalue weighted by Crippen LogP contribution is 2.05. The number of pyridine rings is 1. The molecule has 0 unspecified atom stereocenters. The van der Waals surface area contributed by atoms with Gasteiger partial charge in [-0.25, -0.2) is 0 Å². The van der Waals surface area contributed by atoms with E-state index in [4.69, 9.17) is 0 Å². The molecule has 0 amide bonds. The van der Waals surface area contributed by atoms with Gasteiger partial charge in [-0.05, 0) is 12.1 Å². The maximum Gasteiger partial charge on any atom is 0.200 e. The topological polar surface area (TPSA) is 12.9 Å². The van der Waals surface area contributed by atoms with Crippen LogP contribution in [-0.2, 0) is 0 Å². The largest absolute Gasteiger partial charge is 0.265 e. The zero-order valence-corrected chi connectivity index (χ0v) is 11.6. The van der Waals surface area contributed by atoms with E-state index in [-0.39, 0.29) is 0 Å². The third-order valence-electron chi connectivity index (χ3n) is 1.84. The van der Waals surface area contributed by atoms with Gasteiger partial charge >= 0.3 is 0 Å². The first kappa shape index (κ1) is 14.7. The van der Waals surface area contributed by atoms with Gasteiger partial charge in [-0.15, -0.1) is 10.6 Å². The minimum absolute atomic E-state index is 0.755. The van der Waals surface area contributed by atoms with Crippen LogP contribution in [0.2, 0.25) is 10.6 Å². The molecule has 0 saturated heterocycles. The fraction of sp³-hybridized carbons (Fsp3) is 0.615. The minimum atomic E-state index is 0.755. The van der Waals surface area contributed by atoms with Gasteiger partial charge in [-0.3, -0.25) is 4.98 Å². The van der Waals surface area contributed by atoms with Gasteiger partial charge in [-0.1, -0.05) is 45.6 Å². The summed E-state index contributed by atoms with van der Waals surface area (Å²) in [4.78, 5) is 3.78. The number of nitrogens with zero attached hydrogens (tertiary/aromatic N) is 1. The van der Waals surface area contributed by atoms with Crippen molar-refractivity contribution in [2.45, 2.75) is 38.3 Å². The maximum absolute atomic E-state index is 3.78. The van der Waals surface area contributed by atoms with Crippen LogP contribution in [0, 0.1) is 11.8 Å². The van der Waals surface area contributed by atoms with E-state index in [1.807, 2.05) is 18.2 Å². The van der Waals surface area contributed by atoms with Crippen molar-refractivity contribution in [1.82, 2.24) is 4.98 Å². The predicted molar refractivity (Wildman–Crippen MR) is 69.3 cm³/mol. The first-order valence-electron chi connectivity index (χ1n) is 5.79. The van der Waals surface area contributed by atoms with Crippen molar-refractivity contribution in [3.63, 3.8) is 0 Å². The molecule has 83 valence electrons. The van der Waals surface area contributed by atoms with Crippen LogP contribution in [-0.4, -0.2) is 20.2 Å². The lowest BCUT2D eigenvalue weighted by molar-refractivity contribution is 0.700. The van der Waals surface area contributed by atoms with Crippen LogP contribution in [0.5, 0.6) is 0 Å². The fourth-order valence-corrected chi connectivity index (χ4v) is 2.60. The van der Waals surface area contributed by atoms with Gasteiger partial charge in [0.2, 0.25) is 15.2 Å². The third kappa shape index (κ3) is 13.7. The first-order valence-corrected chi connectivity index (χ1v) is 7.43. The molecule has 0 fully saturated rings. The Morgan fingerprint density at radius 2 is 1.33 bits per heavy atom. The molecule has 0 bridgehead atoms. The maximum atomic E-state index is 3.78. The summed E-state index contributed by atoms with van der Waals surface area (Å²) in [5.41, 5.74) is 0. The predicted octanol–water partition coefficient (Wildman–Crippen LogP) is 3.92. The molecule has 1 radical (unpaired) electrons. The van der Waals surface area contributed by atoms with E-state index in [1.165, 1.54) is 10.6 Å². The zero-order valence-electron chi connectivity index (χ0n) is 10.5. The van der Waals surface area contributed by atoms with Crippen molar-refractivity contribution in [2.24, 2.45) is 11.8 Å². The summed E-state index contributed by atoms with van der Waals surface area (Å²) in [5, 5.41) is 2.97. The van der Waals surface area contributed by atoms with Crippen LogP contribution < -0.4 is 0 Å². The molecule has 1 nitrogen and oxygen atoms in total. The second kappa shape index (κ2) is 10.2. The molecule has 1 heterocycles. The fourth-order valence-electron chi connectivity index (χ4n) is 1.08. The van der Waals surface area contributed by atoms with E-state index in [2.05, 4.69) is 32.7 Å². The number of rotatable bonds is 4. The highest BCUT2D eigenvalue weighted by Gasteiger charge is 1.98. The Hall–Kier alpha value is -0.318. The van der Waals surface area contributed by atoms with Gasteiger partial charge in [0.1, 0.15) is 0 Å². The van der Waals surface area contributed by atoms with Gasteiger partial charge in [0.05, 0.1) is 0 Å². The van der Waals surface area contributed by atoms with Crippen LogP contribution in [0.25, 0.3) is 0 Å². The lowest BCUT2D eigenvalue weighted by atomic mass is 10.3. The third-order valence-corrected chi connectivity index (χ3v) is 4.39. The summed E-state index contributed by atoms with van der Waals surface area (Å²) in [7, 11) is 0. The van der Waals surface area contributed by atoms with E-state index in [0.717, 1.165) is 27.1 Å². The van der Waals surface area contributed by atoms with Crippen LogP contribution >= 0.6 is 0 Å². The average molecular weight is 220 g/mol. The molecule has 0 spiro atoms. The summed E-state index contributed by atoms with van der Waals surface area (Å²) in [6.45, 7) is 9.25. The second-order valence-corrected chi connectivity index (χ2v) is 6.09. The van der Waals surface area contributed by atoms with Crippen molar-refractivity contribution in [1.29, 1.82) is 0 Å². The van der Waals surface area contributed by atoms with E-state index in [9.17, 15) is 0 Å². The molecular formula is C13H23AlN. The van der Waals surface area contributed by atoms with Gasteiger partial charge < -0.3 is 0 Å². The Balaban J connectivity index is 0.000000280. The van der Waals surface area contributed by atoms with E-state index >= 15 is 0 Å². The van der Waals surface area contributed by atoms with Crippen LogP contribution in [0.4, 0.5) is 0 Å². The first-order chi connectivity index (χ1) is 7.13. The molecule has 2 heteroatoms. The Kier molecular flexibility index (Phi) is 9.99. The number of aromatic nitrogens is 1. The zero-order chi connectivity index (χ0) is 11.5. The minimum Gasteiger partial charge on any atom is -0.265 e. The normalized spacial score (nSPS) is 9.73. The molecule has 15 heavy (non-hydrogen) atoms. The molecular weight excluding hydrogens is 197 g/mol. The van der Waals surface area contributed by atoms with Crippen molar-refractivity contribution in [3.05, 3.63) is 30.6 Å². The molecule has 0 N–H and O–H groups in total.